The molecule has 7 nitrogen and oxygen atoms in total. The predicted molar refractivity (Wildman–Crippen MR) is 139 cm³/mol. The highest BCUT2D eigenvalue weighted by molar-refractivity contribution is 7.90. The molecule has 0 unspecified atom stereocenters. The van der Waals surface area contributed by atoms with Crippen LogP contribution < -0.4 is 4.90 Å². The number of rotatable bonds is 5. The second kappa shape index (κ2) is 9.56. The average molecular weight is 527 g/mol. The number of amides is 1. The quantitative estimate of drug-likeness (QED) is 0.378. The van der Waals surface area contributed by atoms with Gasteiger partial charge in [-0.3, -0.25) is 4.79 Å². The van der Waals surface area contributed by atoms with Crippen LogP contribution >= 0.6 is 22.9 Å². The number of fused-ring (bicyclic) bond motifs is 1. The minimum atomic E-state index is -3.61. The van der Waals surface area contributed by atoms with Crippen molar-refractivity contribution in [2.45, 2.75) is 17.7 Å². The van der Waals surface area contributed by atoms with E-state index in [0.717, 1.165) is 15.3 Å². The number of benzene rings is 2. The monoisotopic (exact) mass is 526 g/mol. The summed E-state index contributed by atoms with van der Waals surface area (Å²) in [6.07, 6.45) is 0. The molecule has 4 aromatic rings. The smallest absolute Gasteiger partial charge is 0.253 e. The Morgan fingerprint density at radius 1 is 1.00 bits per heavy atom. The predicted octanol–water partition coefficient (Wildman–Crippen LogP) is 4.59. The van der Waals surface area contributed by atoms with Gasteiger partial charge in [0.2, 0.25) is 0 Å². The van der Waals surface area contributed by atoms with Gasteiger partial charge in [0.05, 0.1) is 16.0 Å². The molecule has 0 saturated carbocycles. The normalized spacial score (nSPS) is 14.5. The van der Waals surface area contributed by atoms with Crippen LogP contribution in [-0.4, -0.2) is 55.4 Å². The third-order valence-corrected chi connectivity index (χ3v) is 8.78. The van der Waals surface area contributed by atoms with E-state index in [1.807, 2.05) is 18.2 Å². The minimum absolute atomic E-state index is 0.0440. The first-order chi connectivity index (χ1) is 16.8. The number of carbonyl (C=O) groups is 1. The highest BCUT2D eigenvalue weighted by Crippen LogP contribution is 2.31. The average Bonchev–Trinajstić information content (AvgIpc) is 3.27. The molecule has 0 aliphatic carbocycles. The molecule has 1 amide bonds. The second-order valence-electron chi connectivity index (χ2n) is 8.46. The van der Waals surface area contributed by atoms with Crippen LogP contribution in [0.5, 0.6) is 0 Å². The van der Waals surface area contributed by atoms with E-state index in [0.29, 0.717) is 48.0 Å². The lowest BCUT2D eigenvalue weighted by Gasteiger charge is -2.34. The van der Waals surface area contributed by atoms with Gasteiger partial charge in [0.1, 0.15) is 0 Å². The summed E-state index contributed by atoms with van der Waals surface area (Å²) in [4.78, 5) is 26.0. The fourth-order valence-electron chi connectivity index (χ4n) is 4.08. The standard InChI is InChI=1S/C25H23ClN4O3S2/c1-17-4-2-7-23(27-17)35(32,33)16-18-5-3-6-19(14-18)24(31)29-10-12-30(13-11-29)25-28-21-9-8-20(26)15-22(21)34-25/h2-9,14-15H,10-13,16H2,1H3. The first kappa shape index (κ1) is 23.7. The van der Waals surface area contributed by atoms with Crippen LogP contribution in [-0.2, 0) is 15.6 Å². The number of hydrogen-bond acceptors (Lipinski definition) is 7. The third kappa shape index (κ3) is 5.17. The molecular weight excluding hydrogens is 504 g/mol. The van der Waals surface area contributed by atoms with Gasteiger partial charge in [0.25, 0.3) is 5.91 Å². The zero-order valence-corrected chi connectivity index (χ0v) is 21.4. The molecule has 10 heteroatoms. The van der Waals surface area contributed by atoms with Crippen molar-refractivity contribution in [2.75, 3.05) is 31.1 Å². The summed E-state index contributed by atoms with van der Waals surface area (Å²) < 4.78 is 26.7. The number of carbonyl (C=O) groups excluding carboxylic acids is 1. The summed E-state index contributed by atoms with van der Waals surface area (Å²) in [5.74, 6) is -0.311. The Labute approximate surface area is 212 Å². The minimum Gasteiger partial charge on any atom is -0.345 e. The lowest BCUT2D eigenvalue weighted by atomic mass is 10.1. The molecule has 1 saturated heterocycles. The Kier molecular flexibility index (Phi) is 6.48. The zero-order chi connectivity index (χ0) is 24.6. The van der Waals surface area contributed by atoms with Gasteiger partial charge < -0.3 is 9.80 Å². The van der Waals surface area contributed by atoms with Crippen LogP contribution in [0, 0.1) is 6.92 Å². The van der Waals surface area contributed by atoms with E-state index in [9.17, 15) is 13.2 Å². The molecule has 1 fully saturated rings. The number of hydrogen-bond donors (Lipinski definition) is 0. The number of sulfone groups is 1. The summed E-state index contributed by atoms with van der Waals surface area (Å²) in [5.41, 5.74) is 2.60. The summed E-state index contributed by atoms with van der Waals surface area (Å²) >= 11 is 7.69. The summed E-state index contributed by atoms with van der Waals surface area (Å²) in [6.45, 7) is 4.22. The third-order valence-electron chi connectivity index (χ3n) is 5.89. The Morgan fingerprint density at radius 2 is 1.77 bits per heavy atom. The molecule has 1 aliphatic rings. The van der Waals surface area contributed by atoms with E-state index in [-0.39, 0.29) is 16.7 Å². The van der Waals surface area contributed by atoms with E-state index >= 15 is 0 Å². The van der Waals surface area contributed by atoms with Crippen molar-refractivity contribution < 1.29 is 13.2 Å². The number of piperazine rings is 1. The SMILES string of the molecule is Cc1cccc(S(=O)(=O)Cc2cccc(C(=O)N3CCN(c4nc5ccc(Cl)cc5s4)CC3)c2)n1. The number of nitrogens with zero attached hydrogens (tertiary/aromatic N) is 4. The Hall–Kier alpha value is -3.01. The molecule has 0 radical (unpaired) electrons. The van der Waals surface area contributed by atoms with E-state index < -0.39 is 9.84 Å². The highest BCUT2D eigenvalue weighted by Gasteiger charge is 2.25. The summed E-state index contributed by atoms with van der Waals surface area (Å²) in [5, 5.41) is 1.65. The number of thiazole rings is 1. The maximum absolute atomic E-state index is 13.2. The first-order valence-corrected chi connectivity index (χ1v) is 14.0. The Balaban J connectivity index is 1.26. The molecule has 2 aromatic heterocycles. The fourth-order valence-corrected chi connectivity index (χ4v) is 6.71. The largest absolute Gasteiger partial charge is 0.345 e. The van der Waals surface area contributed by atoms with Crippen LogP contribution in [0.1, 0.15) is 21.6 Å². The second-order valence-corrected chi connectivity index (χ2v) is 11.8. The molecule has 180 valence electrons. The van der Waals surface area contributed by atoms with E-state index in [1.54, 1.807) is 59.6 Å². The molecule has 35 heavy (non-hydrogen) atoms. The van der Waals surface area contributed by atoms with Crippen molar-refractivity contribution in [3.05, 3.63) is 82.5 Å². The maximum Gasteiger partial charge on any atom is 0.253 e. The molecule has 0 atom stereocenters. The molecule has 0 spiro atoms. The molecule has 2 aromatic carbocycles. The van der Waals surface area contributed by atoms with Crippen LogP contribution in [0.2, 0.25) is 5.02 Å². The van der Waals surface area contributed by atoms with Gasteiger partial charge in [-0.15, -0.1) is 0 Å². The summed E-state index contributed by atoms with van der Waals surface area (Å²) in [6, 6.07) is 17.4. The number of pyridine rings is 1. The number of halogens is 1. The number of aryl methyl sites for hydroxylation is 1. The summed E-state index contributed by atoms with van der Waals surface area (Å²) in [7, 11) is -3.61. The molecule has 5 rings (SSSR count). The van der Waals surface area contributed by atoms with Crippen molar-refractivity contribution in [2.24, 2.45) is 0 Å². The fraction of sp³-hybridized carbons (Fsp3) is 0.240. The van der Waals surface area contributed by atoms with Crippen LogP contribution in [0.4, 0.5) is 5.13 Å². The zero-order valence-electron chi connectivity index (χ0n) is 19.0. The lowest BCUT2D eigenvalue weighted by molar-refractivity contribution is 0.0746. The van der Waals surface area contributed by atoms with E-state index in [1.165, 1.54) is 6.07 Å². The van der Waals surface area contributed by atoms with Crippen LogP contribution in [0.3, 0.4) is 0 Å². The molecule has 0 N–H and O–H groups in total. The van der Waals surface area contributed by atoms with Gasteiger partial charge in [-0.2, -0.15) is 0 Å². The molecule has 3 heterocycles. The van der Waals surface area contributed by atoms with Crippen molar-refractivity contribution in [3.63, 3.8) is 0 Å². The van der Waals surface area contributed by atoms with Crippen LogP contribution in [0.25, 0.3) is 10.2 Å². The van der Waals surface area contributed by atoms with E-state index in [4.69, 9.17) is 16.6 Å². The number of anilines is 1. The first-order valence-electron chi connectivity index (χ1n) is 11.1. The Bertz CT molecular complexity index is 1510. The van der Waals surface area contributed by atoms with E-state index in [2.05, 4.69) is 9.88 Å². The van der Waals surface area contributed by atoms with Gasteiger partial charge >= 0.3 is 0 Å². The van der Waals surface area contributed by atoms with Gasteiger partial charge in [-0.1, -0.05) is 41.1 Å². The lowest BCUT2D eigenvalue weighted by Crippen LogP contribution is -2.48. The maximum atomic E-state index is 13.2. The number of aromatic nitrogens is 2. The Morgan fingerprint density at radius 3 is 2.54 bits per heavy atom. The van der Waals surface area contributed by atoms with Crippen molar-refractivity contribution in [1.82, 2.24) is 14.9 Å². The van der Waals surface area contributed by atoms with Gasteiger partial charge in [-0.05, 0) is 55.0 Å². The van der Waals surface area contributed by atoms with Gasteiger partial charge in [0.15, 0.2) is 20.0 Å². The van der Waals surface area contributed by atoms with Gasteiger partial charge in [-0.25, -0.2) is 18.4 Å². The van der Waals surface area contributed by atoms with Gasteiger partial charge in [0, 0.05) is 42.5 Å². The molecular formula is C25H23ClN4O3S2. The van der Waals surface area contributed by atoms with Crippen molar-refractivity contribution in [3.8, 4) is 0 Å². The van der Waals surface area contributed by atoms with Crippen LogP contribution in [0.15, 0.2) is 65.7 Å². The highest BCUT2D eigenvalue weighted by atomic mass is 35.5. The molecule has 1 aliphatic heterocycles. The molecule has 0 bridgehead atoms. The topological polar surface area (TPSA) is 83.5 Å². The van der Waals surface area contributed by atoms with Crippen molar-refractivity contribution >= 4 is 54.0 Å². The van der Waals surface area contributed by atoms with Crippen molar-refractivity contribution in [1.29, 1.82) is 0 Å².